The van der Waals surface area contributed by atoms with E-state index in [-0.39, 0.29) is 6.04 Å². The Bertz CT molecular complexity index is 708. The normalized spacial score (nSPS) is 13.2. The fourth-order valence-corrected chi connectivity index (χ4v) is 6.69. The summed E-state index contributed by atoms with van der Waals surface area (Å²) in [7, 11) is -2.45. The Labute approximate surface area is 189 Å². The highest BCUT2D eigenvalue weighted by molar-refractivity contribution is 8.71. The molecule has 0 bridgehead atoms. The lowest BCUT2D eigenvalue weighted by molar-refractivity contribution is 0.125. The molecule has 1 aromatic rings. The molecule has 0 radical (unpaired) electrons. The Balaban J connectivity index is 2.79. The number of nitrogens with zero attached hydrogens (tertiary/aromatic N) is 3. The molecule has 0 saturated carbocycles. The van der Waals surface area contributed by atoms with E-state index in [4.69, 9.17) is 0 Å². The van der Waals surface area contributed by atoms with E-state index in [1.165, 1.54) is 0 Å². The summed E-state index contributed by atoms with van der Waals surface area (Å²) in [4.78, 5) is 5.33. The van der Waals surface area contributed by atoms with Gasteiger partial charge in [-0.05, 0) is 74.4 Å². The van der Waals surface area contributed by atoms with Crippen LogP contribution in [-0.2, 0) is 8.87 Å². The second kappa shape index (κ2) is 12.4. The van der Waals surface area contributed by atoms with Crippen molar-refractivity contribution in [3.05, 3.63) is 29.8 Å². The van der Waals surface area contributed by atoms with E-state index in [1.807, 2.05) is 23.4 Å². The molecule has 7 heteroatoms. The van der Waals surface area contributed by atoms with Gasteiger partial charge in [-0.3, -0.25) is 9.80 Å². The van der Waals surface area contributed by atoms with Gasteiger partial charge in [-0.15, -0.1) is 0 Å². The SMILES string of the molecule is Cc1ccc(S(=O)(=O)SN(CCN(CCN(C(C)C)C(C)C)C(C)C)C(C)C)cc1. The molecule has 0 atom stereocenters. The van der Waals surface area contributed by atoms with Gasteiger partial charge >= 0.3 is 0 Å². The van der Waals surface area contributed by atoms with E-state index in [2.05, 4.69) is 65.2 Å². The predicted molar refractivity (Wildman–Crippen MR) is 131 cm³/mol. The highest BCUT2D eigenvalue weighted by Crippen LogP contribution is 2.28. The monoisotopic (exact) mass is 457 g/mol. The first-order valence-corrected chi connectivity index (χ1v) is 13.9. The van der Waals surface area contributed by atoms with Gasteiger partial charge in [0.25, 0.3) is 0 Å². The second-order valence-corrected chi connectivity index (χ2v) is 12.9. The van der Waals surface area contributed by atoms with E-state index < -0.39 is 8.87 Å². The van der Waals surface area contributed by atoms with Crippen LogP contribution in [0.2, 0.25) is 0 Å². The molecule has 0 unspecified atom stereocenters. The van der Waals surface area contributed by atoms with Gasteiger partial charge in [-0.1, -0.05) is 17.7 Å². The maximum absolute atomic E-state index is 12.9. The van der Waals surface area contributed by atoms with Gasteiger partial charge in [0.2, 0.25) is 8.87 Å². The maximum atomic E-state index is 12.9. The molecular weight excluding hydrogens is 414 g/mol. The highest BCUT2D eigenvalue weighted by atomic mass is 33.1. The molecule has 174 valence electrons. The molecule has 5 nitrogen and oxygen atoms in total. The van der Waals surface area contributed by atoms with E-state index in [9.17, 15) is 8.42 Å². The number of rotatable bonds is 13. The average Bonchev–Trinajstić information content (AvgIpc) is 2.62. The molecule has 1 aromatic carbocycles. The molecule has 0 heterocycles. The summed E-state index contributed by atoms with van der Waals surface area (Å²) < 4.78 is 27.8. The second-order valence-electron chi connectivity index (χ2n) is 9.13. The minimum atomic E-state index is -3.42. The maximum Gasteiger partial charge on any atom is 0.244 e. The van der Waals surface area contributed by atoms with Crippen molar-refractivity contribution in [2.45, 2.75) is 91.4 Å². The van der Waals surface area contributed by atoms with Gasteiger partial charge in [0, 0.05) is 50.3 Å². The van der Waals surface area contributed by atoms with Gasteiger partial charge in [0.05, 0.1) is 15.9 Å². The zero-order valence-electron chi connectivity index (χ0n) is 20.4. The molecule has 30 heavy (non-hydrogen) atoms. The number of aryl methyl sites for hydroxylation is 1. The standard InChI is InChI=1S/C23H43N3O2S2/c1-18(2)24(14-16-25(19(3)4)20(5)6)15-17-26(21(7)8)29-30(27,28)23-12-10-22(9)11-13-23/h10-13,18-21H,14-17H2,1-9H3. The fourth-order valence-electron chi connectivity index (χ4n) is 3.47. The van der Waals surface area contributed by atoms with Crippen LogP contribution in [0.15, 0.2) is 29.2 Å². The minimum absolute atomic E-state index is 0.132. The third-order valence-corrected chi connectivity index (χ3v) is 8.97. The predicted octanol–water partition coefficient (Wildman–Crippen LogP) is 4.87. The third kappa shape index (κ3) is 8.87. The molecule has 0 amide bonds. The smallest absolute Gasteiger partial charge is 0.244 e. The van der Waals surface area contributed by atoms with Crippen LogP contribution in [0, 0.1) is 6.92 Å². The van der Waals surface area contributed by atoms with Crippen LogP contribution in [0.25, 0.3) is 0 Å². The highest BCUT2D eigenvalue weighted by Gasteiger charge is 2.24. The van der Waals surface area contributed by atoms with Gasteiger partial charge in [-0.25, -0.2) is 12.7 Å². The van der Waals surface area contributed by atoms with Gasteiger partial charge in [0.1, 0.15) is 0 Å². The van der Waals surface area contributed by atoms with E-state index in [0.717, 1.165) is 36.2 Å². The quantitative estimate of drug-likeness (QED) is 0.311. The van der Waals surface area contributed by atoms with Crippen LogP contribution in [0.3, 0.4) is 0 Å². The van der Waals surface area contributed by atoms with Crippen molar-refractivity contribution < 1.29 is 8.42 Å². The average molecular weight is 458 g/mol. The van der Waals surface area contributed by atoms with E-state index in [1.54, 1.807) is 12.1 Å². The lowest BCUT2D eigenvalue weighted by Crippen LogP contribution is -2.46. The van der Waals surface area contributed by atoms with Crippen molar-refractivity contribution in [3.63, 3.8) is 0 Å². The van der Waals surface area contributed by atoms with E-state index in [0.29, 0.717) is 29.6 Å². The summed E-state index contributed by atoms with van der Waals surface area (Å²) in [6.07, 6.45) is 0. The Morgan fingerprint density at radius 1 is 0.733 bits per heavy atom. The molecule has 0 aliphatic rings. The molecule has 0 aliphatic heterocycles. The van der Waals surface area contributed by atoms with Crippen LogP contribution in [0.5, 0.6) is 0 Å². The van der Waals surface area contributed by atoms with Crippen LogP contribution in [0.4, 0.5) is 0 Å². The summed E-state index contributed by atoms with van der Waals surface area (Å²) in [6.45, 7) is 23.0. The number of hydrogen-bond acceptors (Lipinski definition) is 6. The molecular formula is C23H43N3O2S2. The summed E-state index contributed by atoms with van der Waals surface area (Å²) >= 11 is 0. The van der Waals surface area contributed by atoms with Crippen LogP contribution in [0.1, 0.15) is 61.0 Å². The Kier molecular flexibility index (Phi) is 11.4. The van der Waals surface area contributed by atoms with Crippen molar-refractivity contribution in [1.82, 2.24) is 14.1 Å². The molecule has 1 rings (SSSR count). The van der Waals surface area contributed by atoms with Gasteiger partial charge in [0.15, 0.2) is 0 Å². The van der Waals surface area contributed by atoms with E-state index >= 15 is 0 Å². The molecule has 0 saturated heterocycles. The topological polar surface area (TPSA) is 43.9 Å². The molecule has 0 aromatic heterocycles. The van der Waals surface area contributed by atoms with Crippen molar-refractivity contribution in [2.24, 2.45) is 0 Å². The Morgan fingerprint density at radius 2 is 1.23 bits per heavy atom. The fraction of sp³-hybridized carbons (Fsp3) is 0.739. The first-order valence-electron chi connectivity index (χ1n) is 11.1. The molecule has 0 fully saturated rings. The summed E-state index contributed by atoms with van der Waals surface area (Å²) in [5.74, 6) is 0. The van der Waals surface area contributed by atoms with Crippen LogP contribution >= 0.6 is 11.0 Å². The lowest BCUT2D eigenvalue weighted by atomic mass is 10.2. The van der Waals surface area contributed by atoms with Gasteiger partial charge < -0.3 is 0 Å². The molecule has 0 aliphatic carbocycles. The Morgan fingerprint density at radius 3 is 1.67 bits per heavy atom. The first-order chi connectivity index (χ1) is 13.8. The van der Waals surface area contributed by atoms with Crippen molar-refractivity contribution in [1.29, 1.82) is 0 Å². The van der Waals surface area contributed by atoms with Crippen molar-refractivity contribution >= 4 is 19.8 Å². The zero-order valence-corrected chi connectivity index (χ0v) is 22.1. The van der Waals surface area contributed by atoms with Gasteiger partial charge in [-0.2, -0.15) is 0 Å². The first kappa shape index (κ1) is 27.4. The number of benzene rings is 1. The largest absolute Gasteiger partial charge is 0.298 e. The minimum Gasteiger partial charge on any atom is -0.298 e. The third-order valence-electron chi connectivity index (χ3n) is 5.39. The zero-order chi connectivity index (χ0) is 23.1. The molecule has 0 spiro atoms. The Hall–Kier alpha value is -0.600. The van der Waals surface area contributed by atoms with Crippen molar-refractivity contribution in [2.75, 3.05) is 26.2 Å². The summed E-state index contributed by atoms with van der Waals surface area (Å²) in [6, 6.07) is 8.67. The van der Waals surface area contributed by atoms with Crippen LogP contribution in [-0.4, -0.2) is 72.9 Å². The molecule has 0 N–H and O–H groups in total. The van der Waals surface area contributed by atoms with Crippen LogP contribution < -0.4 is 0 Å². The number of hydrogen-bond donors (Lipinski definition) is 0. The lowest BCUT2D eigenvalue weighted by Gasteiger charge is -2.35. The summed E-state index contributed by atoms with van der Waals surface area (Å²) in [5, 5.41) is 0. The van der Waals surface area contributed by atoms with Crippen molar-refractivity contribution in [3.8, 4) is 0 Å². The summed E-state index contributed by atoms with van der Waals surface area (Å²) in [5.41, 5.74) is 1.06.